The van der Waals surface area contributed by atoms with Crippen LogP contribution in [0.15, 0.2) is 23.1 Å². The molecule has 3 N–H and O–H groups in total. The maximum absolute atomic E-state index is 11.8. The van der Waals surface area contributed by atoms with Gasteiger partial charge >= 0.3 is 5.97 Å². The lowest BCUT2D eigenvalue weighted by Gasteiger charge is -2.09. The first kappa shape index (κ1) is 14.8. The van der Waals surface area contributed by atoms with Crippen LogP contribution in [0.2, 0.25) is 5.02 Å². The van der Waals surface area contributed by atoms with E-state index in [1.165, 1.54) is 11.8 Å². The zero-order valence-electron chi connectivity index (χ0n) is 9.51. The zero-order chi connectivity index (χ0) is 13.7. The first-order valence-electron chi connectivity index (χ1n) is 4.98. The third kappa shape index (κ3) is 3.90. The zero-order valence-corrected chi connectivity index (χ0v) is 11.1. The standard InChI is InChI=1S/C11H12ClNO4S/c1-18-6-2-3-8(12)7(4-6)10(15)13-5-9(14)11(16)17/h2-4,9,14H,5H2,1H3,(H,13,15)(H,16,17). The first-order valence-corrected chi connectivity index (χ1v) is 6.58. The molecular weight excluding hydrogens is 278 g/mol. The van der Waals surface area contributed by atoms with Crippen molar-refractivity contribution < 1.29 is 19.8 Å². The SMILES string of the molecule is CSc1ccc(Cl)c(C(=O)NCC(O)C(=O)O)c1. The molecule has 18 heavy (non-hydrogen) atoms. The molecule has 7 heteroatoms. The highest BCUT2D eigenvalue weighted by Gasteiger charge is 2.16. The average Bonchev–Trinajstić information content (AvgIpc) is 2.35. The Morgan fingerprint density at radius 3 is 2.72 bits per heavy atom. The number of carbonyl (C=O) groups excluding carboxylic acids is 1. The number of thioether (sulfide) groups is 1. The number of aliphatic carboxylic acids is 1. The Kier molecular flexibility index (Phi) is 5.46. The van der Waals surface area contributed by atoms with Crippen molar-refractivity contribution in [3.8, 4) is 0 Å². The molecule has 0 aromatic heterocycles. The van der Waals surface area contributed by atoms with Gasteiger partial charge in [-0.3, -0.25) is 4.79 Å². The Morgan fingerprint density at radius 1 is 1.50 bits per heavy atom. The number of carboxylic acids is 1. The molecule has 1 unspecified atom stereocenters. The number of hydrogen-bond donors (Lipinski definition) is 3. The van der Waals surface area contributed by atoms with Gasteiger partial charge in [-0.1, -0.05) is 11.6 Å². The van der Waals surface area contributed by atoms with Gasteiger partial charge in [-0.25, -0.2) is 4.79 Å². The van der Waals surface area contributed by atoms with Gasteiger partial charge in [0.25, 0.3) is 5.91 Å². The average molecular weight is 290 g/mol. The van der Waals surface area contributed by atoms with E-state index in [-0.39, 0.29) is 17.1 Å². The predicted molar refractivity (Wildman–Crippen MR) is 69.2 cm³/mol. The van der Waals surface area contributed by atoms with Crippen molar-refractivity contribution in [3.63, 3.8) is 0 Å². The van der Waals surface area contributed by atoms with Gasteiger partial charge < -0.3 is 15.5 Å². The van der Waals surface area contributed by atoms with Gasteiger partial charge in [0, 0.05) is 4.90 Å². The Labute approximate surface area is 113 Å². The number of carboxylic acid groups (broad SMARTS) is 1. The molecule has 0 fully saturated rings. The topological polar surface area (TPSA) is 86.6 Å². The second kappa shape index (κ2) is 6.63. The lowest BCUT2D eigenvalue weighted by molar-refractivity contribution is -0.146. The highest BCUT2D eigenvalue weighted by molar-refractivity contribution is 7.98. The van der Waals surface area contributed by atoms with E-state index < -0.39 is 18.0 Å². The maximum atomic E-state index is 11.8. The minimum atomic E-state index is -1.63. The van der Waals surface area contributed by atoms with E-state index >= 15 is 0 Å². The number of aliphatic hydroxyl groups excluding tert-OH is 1. The highest BCUT2D eigenvalue weighted by Crippen LogP contribution is 2.22. The van der Waals surface area contributed by atoms with Crippen molar-refractivity contribution in [3.05, 3.63) is 28.8 Å². The van der Waals surface area contributed by atoms with Gasteiger partial charge in [0.1, 0.15) is 0 Å². The van der Waals surface area contributed by atoms with Gasteiger partial charge in [-0.05, 0) is 24.5 Å². The minimum Gasteiger partial charge on any atom is -0.479 e. The summed E-state index contributed by atoms with van der Waals surface area (Å²) in [5.74, 6) is -1.91. The summed E-state index contributed by atoms with van der Waals surface area (Å²) in [4.78, 5) is 23.0. The molecule has 0 radical (unpaired) electrons. The molecule has 0 saturated carbocycles. The van der Waals surface area contributed by atoms with Gasteiger partial charge in [-0.15, -0.1) is 11.8 Å². The van der Waals surface area contributed by atoms with Crippen molar-refractivity contribution in [1.29, 1.82) is 0 Å². The van der Waals surface area contributed by atoms with Crippen LogP contribution in [0.4, 0.5) is 0 Å². The Morgan fingerprint density at radius 2 is 2.17 bits per heavy atom. The third-order valence-corrected chi connectivity index (χ3v) is 3.21. The van der Waals surface area contributed by atoms with Gasteiger partial charge in [0.05, 0.1) is 17.1 Å². The van der Waals surface area contributed by atoms with Crippen molar-refractivity contribution in [2.75, 3.05) is 12.8 Å². The molecule has 0 aliphatic carbocycles. The molecule has 1 aromatic rings. The van der Waals surface area contributed by atoms with E-state index in [4.69, 9.17) is 21.8 Å². The smallest absolute Gasteiger partial charge is 0.334 e. The van der Waals surface area contributed by atoms with E-state index in [1.807, 2.05) is 6.26 Å². The molecule has 98 valence electrons. The second-order valence-corrected chi connectivity index (χ2v) is 4.70. The molecule has 1 atom stereocenters. The Hall–Kier alpha value is -1.24. The van der Waals surface area contributed by atoms with Crippen LogP contribution >= 0.6 is 23.4 Å². The number of amides is 1. The summed E-state index contributed by atoms with van der Waals surface area (Å²) in [5.41, 5.74) is 0.251. The monoisotopic (exact) mass is 289 g/mol. The Bertz CT molecular complexity index is 466. The number of nitrogens with one attached hydrogen (secondary N) is 1. The largest absolute Gasteiger partial charge is 0.479 e. The van der Waals surface area contributed by atoms with Crippen LogP contribution in [0.1, 0.15) is 10.4 Å². The molecule has 0 bridgehead atoms. The van der Waals surface area contributed by atoms with Crippen LogP contribution < -0.4 is 5.32 Å². The van der Waals surface area contributed by atoms with E-state index in [0.29, 0.717) is 0 Å². The molecule has 5 nitrogen and oxygen atoms in total. The molecule has 0 aliphatic rings. The van der Waals surface area contributed by atoms with Crippen molar-refractivity contribution in [2.24, 2.45) is 0 Å². The van der Waals surface area contributed by atoms with E-state index in [1.54, 1.807) is 18.2 Å². The second-order valence-electron chi connectivity index (χ2n) is 3.41. The summed E-state index contributed by atoms with van der Waals surface area (Å²) in [6, 6.07) is 4.97. The summed E-state index contributed by atoms with van der Waals surface area (Å²) in [5, 5.41) is 20.1. The molecule has 0 aliphatic heterocycles. The lowest BCUT2D eigenvalue weighted by Crippen LogP contribution is -2.36. The molecule has 0 heterocycles. The molecule has 0 spiro atoms. The maximum Gasteiger partial charge on any atom is 0.334 e. The molecule has 0 saturated heterocycles. The highest BCUT2D eigenvalue weighted by atomic mass is 35.5. The number of halogens is 1. The predicted octanol–water partition coefficient (Wildman–Crippen LogP) is 1.24. The Balaban J connectivity index is 2.75. The van der Waals surface area contributed by atoms with Crippen molar-refractivity contribution in [1.82, 2.24) is 5.32 Å². The fraction of sp³-hybridized carbons (Fsp3) is 0.273. The molecule has 1 rings (SSSR count). The van der Waals surface area contributed by atoms with Crippen LogP contribution in [0.5, 0.6) is 0 Å². The van der Waals surface area contributed by atoms with E-state index in [9.17, 15) is 9.59 Å². The van der Waals surface area contributed by atoms with Crippen LogP contribution in [0.25, 0.3) is 0 Å². The van der Waals surface area contributed by atoms with Crippen molar-refractivity contribution in [2.45, 2.75) is 11.0 Å². The lowest BCUT2D eigenvalue weighted by atomic mass is 10.2. The first-order chi connectivity index (χ1) is 8.45. The number of carbonyl (C=O) groups is 2. The quantitative estimate of drug-likeness (QED) is 0.710. The number of rotatable bonds is 5. The summed E-state index contributed by atoms with van der Waals surface area (Å²) in [6.45, 7) is -0.367. The van der Waals surface area contributed by atoms with Gasteiger partial charge in [0.15, 0.2) is 6.10 Å². The number of hydrogen-bond acceptors (Lipinski definition) is 4. The fourth-order valence-corrected chi connectivity index (χ4v) is 1.82. The van der Waals surface area contributed by atoms with E-state index in [2.05, 4.69) is 5.32 Å². The van der Waals surface area contributed by atoms with Crippen LogP contribution in [-0.2, 0) is 4.79 Å². The summed E-state index contributed by atoms with van der Waals surface area (Å²) >= 11 is 7.33. The number of aliphatic hydroxyl groups is 1. The summed E-state index contributed by atoms with van der Waals surface area (Å²) in [7, 11) is 0. The minimum absolute atomic E-state index is 0.251. The van der Waals surface area contributed by atoms with Crippen LogP contribution in [0, 0.1) is 0 Å². The number of benzene rings is 1. The van der Waals surface area contributed by atoms with Crippen LogP contribution in [-0.4, -0.2) is 41.0 Å². The van der Waals surface area contributed by atoms with Crippen LogP contribution in [0.3, 0.4) is 0 Å². The van der Waals surface area contributed by atoms with Gasteiger partial charge in [-0.2, -0.15) is 0 Å². The molecular formula is C11H12ClNO4S. The van der Waals surface area contributed by atoms with E-state index in [0.717, 1.165) is 4.90 Å². The fourth-order valence-electron chi connectivity index (χ4n) is 1.18. The normalized spacial score (nSPS) is 11.9. The van der Waals surface area contributed by atoms with Crippen molar-refractivity contribution >= 4 is 35.2 Å². The molecule has 1 aromatic carbocycles. The van der Waals surface area contributed by atoms with Gasteiger partial charge in [0.2, 0.25) is 0 Å². The summed E-state index contributed by atoms with van der Waals surface area (Å²) < 4.78 is 0. The summed E-state index contributed by atoms with van der Waals surface area (Å²) in [6.07, 6.45) is 0.232. The molecule has 1 amide bonds. The third-order valence-electron chi connectivity index (χ3n) is 2.16.